The average Bonchev–Trinajstić information content (AvgIpc) is 3.50. The lowest BCUT2D eigenvalue weighted by Crippen LogP contribution is -2.60. The maximum Gasteiger partial charge on any atom is 0.471 e. The second-order valence-corrected chi connectivity index (χ2v) is 13.9. The van der Waals surface area contributed by atoms with Crippen LogP contribution < -0.4 is 16.0 Å². The summed E-state index contributed by atoms with van der Waals surface area (Å²) in [7, 11) is -4.24. The van der Waals surface area contributed by atoms with Crippen LogP contribution in [-0.2, 0) is 29.0 Å². The molecule has 10 nitrogen and oxygen atoms in total. The third-order valence-corrected chi connectivity index (χ3v) is 8.65. The van der Waals surface area contributed by atoms with Crippen molar-refractivity contribution in [3.05, 3.63) is 11.2 Å². The standard InChI is InChI=1S/C25H36F4N4O6S/c1-24(2,3)19(32-23(37)25(27,28)29)22(36)33-12-14-6-5-7-16(14)18(33)21(35)31-15(11-17(26)40(4,38)39)10-13-8-9-30-20(13)34/h11,13-16,18-19H,5-10,12H2,1-4H3,(H,30,34)(H,31,35)(H,32,37)/b17-11+/t13-,14+,15+,16+,18+,19+/m0/s1. The van der Waals surface area contributed by atoms with Gasteiger partial charge < -0.3 is 20.9 Å². The van der Waals surface area contributed by atoms with Gasteiger partial charge in [-0.3, -0.25) is 19.2 Å². The summed E-state index contributed by atoms with van der Waals surface area (Å²) in [6.45, 7) is 4.91. The van der Waals surface area contributed by atoms with E-state index in [0.29, 0.717) is 38.1 Å². The Morgan fingerprint density at radius 2 is 1.77 bits per heavy atom. The number of likely N-dealkylation sites (tertiary alicyclic amines) is 1. The minimum absolute atomic E-state index is 0.0826. The van der Waals surface area contributed by atoms with Crippen LogP contribution in [-0.4, -0.2) is 80.6 Å². The molecule has 2 heterocycles. The van der Waals surface area contributed by atoms with E-state index in [9.17, 15) is 45.2 Å². The first kappa shape index (κ1) is 31.8. The monoisotopic (exact) mass is 596 g/mol. The Morgan fingerprint density at radius 1 is 1.12 bits per heavy atom. The van der Waals surface area contributed by atoms with Gasteiger partial charge >= 0.3 is 12.1 Å². The molecule has 15 heteroatoms. The minimum Gasteiger partial charge on any atom is -0.356 e. The fraction of sp³-hybridized carbons (Fsp3) is 0.760. The number of alkyl halides is 3. The van der Waals surface area contributed by atoms with Crippen LogP contribution in [0.15, 0.2) is 11.2 Å². The first-order valence-electron chi connectivity index (χ1n) is 13.1. The molecule has 3 N–H and O–H groups in total. The van der Waals surface area contributed by atoms with E-state index in [2.05, 4.69) is 10.6 Å². The molecule has 6 atom stereocenters. The van der Waals surface area contributed by atoms with Gasteiger partial charge in [0.2, 0.25) is 32.7 Å². The molecule has 3 aliphatic rings. The highest BCUT2D eigenvalue weighted by atomic mass is 32.2. The quantitative estimate of drug-likeness (QED) is 0.364. The fourth-order valence-electron chi connectivity index (χ4n) is 5.79. The summed E-state index contributed by atoms with van der Waals surface area (Å²) in [5, 5.41) is 5.50. The minimum atomic E-state index is -5.22. The number of amides is 4. The lowest BCUT2D eigenvalue weighted by molar-refractivity contribution is -0.176. The van der Waals surface area contributed by atoms with Crippen molar-refractivity contribution in [2.75, 3.05) is 19.3 Å². The highest BCUT2D eigenvalue weighted by Crippen LogP contribution is 2.43. The number of sulfone groups is 1. The van der Waals surface area contributed by atoms with Gasteiger partial charge in [-0.2, -0.15) is 17.6 Å². The number of hydrogen-bond acceptors (Lipinski definition) is 6. The summed E-state index contributed by atoms with van der Waals surface area (Å²) in [5.74, 6) is -5.25. The van der Waals surface area contributed by atoms with Gasteiger partial charge in [0.25, 0.3) is 0 Å². The lowest BCUT2D eigenvalue weighted by Gasteiger charge is -2.36. The molecule has 3 rings (SSSR count). The molecule has 226 valence electrons. The summed E-state index contributed by atoms with van der Waals surface area (Å²) in [6, 6.07) is -3.95. The topological polar surface area (TPSA) is 142 Å². The van der Waals surface area contributed by atoms with Gasteiger partial charge in [0.05, 0.1) is 6.04 Å². The first-order valence-corrected chi connectivity index (χ1v) is 15.0. The Bertz CT molecular complexity index is 1170. The number of fused-ring (bicyclic) bond motifs is 1. The molecule has 2 saturated heterocycles. The Morgan fingerprint density at radius 3 is 2.30 bits per heavy atom. The average molecular weight is 597 g/mol. The number of halogens is 4. The van der Waals surface area contributed by atoms with Gasteiger partial charge in [0.1, 0.15) is 12.1 Å². The van der Waals surface area contributed by atoms with Crippen molar-refractivity contribution in [3.8, 4) is 0 Å². The Hall–Kier alpha value is -2.71. The van der Waals surface area contributed by atoms with Crippen molar-refractivity contribution >= 4 is 33.5 Å². The molecular formula is C25H36F4N4O6S. The third-order valence-electron chi connectivity index (χ3n) is 7.80. The van der Waals surface area contributed by atoms with Gasteiger partial charge in [-0.15, -0.1) is 0 Å². The molecule has 0 aromatic rings. The lowest BCUT2D eigenvalue weighted by atomic mass is 9.85. The highest BCUT2D eigenvalue weighted by Gasteiger charge is 2.53. The molecule has 0 aromatic heterocycles. The van der Waals surface area contributed by atoms with Crippen molar-refractivity contribution in [1.82, 2.24) is 20.9 Å². The third kappa shape index (κ3) is 7.32. The zero-order valence-corrected chi connectivity index (χ0v) is 23.6. The van der Waals surface area contributed by atoms with Crippen molar-refractivity contribution in [3.63, 3.8) is 0 Å². The first-order chi connectivity index (χ1) is 18.3. The zero-order chi connectivity index (χ0) is 30.2. The van der Waals surface area contributed by atoms with E-state index in [0.717, 1.165) is 6.42 Å². The normalized spacial score (nSPS) is 27.1. The van der Waals surface area contributed by atoms with Gasteiger partial charge in [0, 0.05) is 25.3 Å². The number of nitrogens with one attached hydrogen (secondary N) is 3. The van der Waals surface area contributed by atoms with Crippen molar-refractivity contribution < 1.29 is 45.2 Å². The molecule has 0 unspecified atom stereocenters. The van der Waals surface area contributed by atoms with Crippen LogP contribution in [0, 0.1) is 23.2 Å². The fourth-order valence-corrected chi connectivity index (χ4v) is 6.20. The van der Waals surface area contributed by atoms with Gasteiger partial charge in [0.15, 0.2) is 0 Å². The smallest absolute Gasteiger partial charge is 0.356 e. The van der Waals surface area contributed by atoms with E-state index >= 15 is 0 Å². The molecule has 1 aliphatic carbocycles. The number of carbonyl (C=O) groups is 4. The summed E-state index contributed by atoms with van der Waals surface area (Å²) < 4.78 is 77.1. The van der Waals surface area contributed by atoms with Gasteiger partial charge in [-0.05, 0) is 49.0 Å². The Labute approximate surface area is 230 Å². The number of carbonyl (C=O) groups excluding carboxylic acids is 4. The van der Waals surface area contributed by atoms with Crippen LogP contribution in [0.5, 0.6) is 0 Å². The number of nitrogens with zero attached hydrogens (tertiary/aromatic N) is 1. The highest BCUT2D eigenvalue weighted by molar-refractivity contribution is 7.94. The second kappa shape index (κ2) is 11.6. The van der Waals surface area contributed by atoms with E-state index < -0.39 is 68.4 Å². The molecule has 0 aromatic carbocycles. The molecule has 0 spiro atoms. The summed E-state index contributed by atoms with van der Waals surface area (Å²) in [6.07, 6.45) is -1.55. The van der Waals surface area contributed by atoms with Crippen molar-refractivity contribution in [2.24, 2.45) is 23.2 Å². The van der Waals surface area contributed by atoms with Crippen molar-refractivity contribution in [1.29, 1.82) is 0 Å². The van der Waals surface area contributed by atoms with E-state index in [-0.39, 0.29) is 30.7 Å². The zero-order valence-electron chi connectivity index (χ0n) is 22.8. The molecule has 0 bridgehead atoms. The number of hydrogen-bond donors (Lipinski definition) is 3. The molecule has 1 saturated carbocycles. The van der Waals surface area contributed by atoms with Crippen LogP contribution >= 0.6 is 0 Å². The maximum atomic E-state index is 14.5. The van der Waals surface area contributed by atoms with E-state index in [1.807, 2.05) is 0 Å². The summed E-state index contributed by atoms with van der Waals surface area (Å²) in [5.41, 5.74) is -1.14. The molecule has 0 radical (unpaired) electrons. The van der Waals surface area contributed by atoms with E-state index in [4.69, 9.17) is 0 Å². The Kier molecular flexibility index (Phi) is 9.26. The SMILES string of the molecule is CC(C)(C)[C@H](NC(=O)C(F)(F)F)C(=O)N1C[C@H]2CCC[C@H]2[C@@H]1C(=O)N[C@@H](/C=C(\F)S(C)(=O)=O)C[C@@H]1CCNC1=O. The largest absolute Gasteiger partial charge is 0.471 e. The molecule has 2 aliphatic heterocycles. The van der Waals surface area contributed by atoms with E-state index in [1.165, 1.54) is 25.7 Å². The van der Waals surface area contributed by atoms with Crippen LogP contribution in [0.25, 0.3) is 0 Å². The van der Waals surface area contributed by atoms with Crippen LogP contribution in [0.3, 0.4) is 0 Å². The Balaban J connectivity index is 1.91. The maximum absolute atomic E-state index is 14.5. The van der Waals surface area contributed by atoms with Gasteiger partial charge in [-0.25, -0.2) is 8.42 Å². The van der Waals surface area contributed by atoms with Crippen LogP contribution in [0.1, 0.15) is 52.9 Å². The molecule has 4 amide bonds. The van der Waals surface area contributed by atoms with Crippen molar-refractivity contribution in [2.45, 2.75) is 77.2 Å². The number of rotatable bonds is 8. The molecular weight excluding hydrogens is 560 g/mol. The second-order valence-electron chi connectivity index (χ2n) is 11.9. The molecule has 40 heavy (non-hydrogen) atoms. The van der Waals surface area contributed by atoms with Crippen LogP contribution in [0.4, 0.5) is 17.6 Å². The van der Waals surface area contributed by atoms with Gasteiger partial charge in [-0.1, -0.05) is 27.2 Å². The summed E-state index contributed by atoms with van der Waals surface area (Å²) >= 11 is 0. The summed E-state index contributed by atoms with van der Waals surface area (Å²) in [4.78, 5) is 52.4. The van der Waals surface area contributed by atoms with Crippen LogP contribution in [0.2, 0.25) is 0 Å². The van der Waals surface area contributed by atoms with E-state index in [1.54, 1.807) is 5.32 Å². The predicted octanol–water partition coefficient (Wildman–Crippen LogP) is 1.57. The predicted molar refractivity (Wildman–Crippen MR) is 135 cm³/mol. The molecule has 3 fully saturated rings.